The van der Waals surface area contributed by atoms with Crippen LogP contribution in [-0.4, -0.2) is 31.7 Å². The maximum Gasteiger partial charge on any atom is 0.227 e. The second-order valence-electron chi connectivity index (χ2n) is 8.03. The Morgan fingerprint density at radius 1 is 1.22 bits per heavy atom. The number of hydrogen-bond acceptors (Lipinski definition) is 2. The summed E-state index contributed by atoms with van der Waals surface area (Å²) >= 11 is 3.13. The summed E-state index contributed by atoms with van der Waals surface area (Å²) in [6.45, 7) is 13.2. The number of carbonyl (C=O) groups is 1. The number of pyridine rings is 1. The molecule has 0 unspecified atom stereocenters. The number of amides is 1. The van der Waals surface area contributed by atoms with Crippen molar-refractivity contribution in [1.82, 2.24) is 14.5 Å². The van der Waals surface area contributed by atoms with Gasteiger partial charge in [0.25, 0.3) is 0 Å². The zero-order chi connectivity index (χ0) is 23.5. The van der Waals surface area contributed by atoms with Crippen molar-refractivity contribution in [2.24, 2.45) is 0 Å². The number of rotatable bonds is 8. The van der Waals surface area contributed by atoms with E-state index in [9.17, 15) is 4.79 Å². The van der Waals surface area contributed by atoms with Crippen molar-refractivity contribution in [2.75, 3.05) is 5.33 Å². The Morgan fingerprint density at radius 2 is 1.88 bits per heavy atom. The fourth-order valence-electron chi connectivity index (χ4n) is 3.46. The molecule has 0 aliphatic rings. The lowest BCUT2D eigenvalue weighted by Crippen LogP contribution is -2.37. The Bertz CT molecular complexity index is 1040. The first-order chi connectivity index (χ1) is 15.4. The van der Waals surface area contributed by atoms with E-state index in [0.29, 0.717) is 13.0 Å². The van der Waals surface area contributed by atoms with E-state index in [-0.39, 0.29) is 11.9 Å². The van der Waals surface area contributed by atoms with Gasteiger partial charge in [-0.15, -0.1) is 6.58 Å². The smallest absolute Gasteiger partial charge is 0.227 e. The molecule has 5 heteroatoms. The number of fused-ring (bicyclic) bond motifs is 1. The summed E-state index contributed by atoms with van der Waals surface area (Å²) in [7, 11) is 0. The summed E-state index contributed by atoms with van der Waals surface area (Å²) < 4.78 is 2.25. The SMILES string of the molecule is C/C=C(\C)Cn1cc(CC(=O)N(Cc2ccncc2)C(C)C)c2ccccc21.C=CCBr. The molecular formula is C27H34BrN3O. The lowest BCUT2D eigenvalue weighted by Gasteiger charge is -2.27. The minimum Gasteiger partial charge on any atom is -0.343 e. The molecule has 0 bridgehead atoms. The molecule has 0 aliphatic heterocycles. The van der Waals surface area contributed by atoms with Crippen molar-refractivity contribution in [3.8, 4) is 0 Å². The Kier molecular flexibility index (Phi) is 10.4. The Balaban J connectivity index is 0.000000837. The highest BCUT2D eigenvalue weighted by atomic mass is 79.9. The van der Waals surface area contributed by atoms with E-state index in [2.05, 4.69) is 90.2 Å². The van der Waals surface area contributed by atoms with Crippen LogP contribution in [0.25, 0.3) is 10.9 Å². The molecule has 1 amide bonds. The molecule has 32 heavy (non-hydrogen) atoms. The third kappa shape index (κ3) is 7.20. The van der Waals surface area contributed by atoms with E-state index >= 15 is 0 Å². The Morgan fingerprint density at radius 3 is 2.47 bits per heavy atom. The van der Waals surface area contributed by atoms with Gasteiger partial charge in [0.15, 0.2) is 0 Å². The van der Waals surface area contributed by atoms with Crippen molar-refractivity contribution in [2.45, 2.75) is 53.2 Å². The van der Waals surface area contributed by atoms with Gasteiger partial charge in [0.1, 0.15) is 0 Å². The summed E-state index contributed by atoms with van der Waals surface area (Å²) in [6, 6.07) is 12.4. The number of carbonyl (C=O) groups excluding carboxylic acids is 1. The molecule has 1 aromatic carbocycles. The predicted molar refractivity (Wildman–Crippen MR) is 139 cm³/mol. The average Bonchev–Trinajstić information content (AvgIpc) is 3.14. The minimum atomic E-state index is 0.138. The number of nitrogens with zero attached hydrogens (tertiary/aromatic N) is 3. The molecule has 2 heterocycles. The Hall–Kier alpha value is -2.66. The number of para-hydroxylation sites is 1. The fraction of sp³-hybridized carbons (Fsp3) is 0.333. The summed E-state index contributed by atoms with van der Waals surface area (Å²) in [6.07, 6.45) is 10.0. The van der Waals surface area contributed by atoms with Crippen LogP contribution in [0.15, 0.2) is 79.3 Å². The molecule has 4 nitrogen and oxygen atoms in total. The maximum absolute atomic E-state index is 13.2. The molecule has 0 radical (unpaired) electrons. The van der Waals surface area contributed by atoms with Gasteiger partial charge in [-0.05, 0) is 57.0 Å². The van der Waals surface area contributed by atoms with Crippen LogP contribution in [0.5, 0.6) is 0 Å². The molecule has 0 fully saturated rings. The summed E-state index contributed by atoms with van der Waals surface area (Å²) in [5.41, 5.74) is 4.67. The van der Waals surface area contributed by atoms with Crippen LogP contribution in [0.2, 0.25) is 0 Å². The fourth-order valence-corrected chi connectivity index (χ4v) is 3.46. The zero-order valence-electron chi connectivity index (χ0n) is 19.6. The zero-order valence-corrected chi connectivity index (χ0v) is 21.2. The predicted octanol–water partition coefficient (Wildman–Crippen LogP) is 6.55. The van der Waals surface area contributed by atoms with Crippen molar-refractivity contribution in [3.63, 3.8) is 0 Å². The molecule has 0 atom stereocenters. The largest absolute Gasteiger partial charge is 0.343 e. The summed E-state index contributed by atoms with van der Waals surface area (Å²) in [5, 5.41) is 2.06. The first kappa shape index (κ1) is 25.6. The number of aromatic nitrogens is 2. The van der Waals surface area contributed by atoms with E-state index < -0.39 is 0 Å². The van der Waals surface area contributed by atoms with Crippen LogP contribution in [0, 0.1) is 0 Å². The highest BCUT2D eigenvalue weighted by Crippen LogP contribution is 2.24. The lowest BCUT2D eigenvalue weighted by atomic mass is 10.1. The van der Waals surface area contributed by atoms with Gasteiger partial charge in [-0.3, -0.25) is 9.78 Å². The van der Waals surface area contributed by atoms with Gasteiger partial charge < -0.3 is 9.47 Å². The summed E-state index contributed by atoms with van der Waals surface area (Å²) in [4.78, 5) is 19.2. The number of halogens is 1. The van der Waals surface area contributed by atoms with Crippen LogP contribution in [0.3, 0.4) is 0 Å². The van der Waals surface area contributed by atoms with Crippen LogP contribution < -0.4 is 0 Å². The third-order valence-corrected chi connectivity index (χ3v) is 5.74. The van der Waals surface area contributed by atoms with Crippen LogP contribution in [0.1, 0.15) is 38.8 Å². The standard InChI is InChI=1S/C24H29N3O.C3H5Br/c1-5-19(4)15-26-17-21(22-8-6-7-9-23(22)26)14-24(28)27(18(2)3)16-20-10-12-25-13-11-20;1-2-3-4/h5-13,17-18H,14-16H2,1-4H3;2H,1,3H2/b19-5+;. The van der Waals surface area contributed by atoms with Crippen LogP contribution in [0.4, 0.5) is 0 Å². The molecule has 3 aromatic rings. The van der Waals surface area contributed by atoms with E-state index in [4.69, 9.17) is 0 Å². The molecule has 3 rings (SSSR count). The molecule has 0 spiro atoms. The second kappa shape index (κ2) is 13.0. The van der Waals surface area contributed by atoms with Gasteiger partial charge in [0.05, 0.1) is 6.42 Å². The highest BCUT2D eigenvalue weighted by molar-refractivity contribution is 9.09. The Labute approximate surface area is 200 Å². The van der Waals surface area contributed by atoms with Crippen molar-refractivity contribution in [3.05, 3.63) is 90.4 Å². The summed E-state index contributed by atoms with van der Waals surface area (Å²) in [5.74, 6) is 0.150. The molecular weight excluding hydrogens is 462 g/mol. The van der Waals surface area contributed by atoms with Gasteiger partial charge in [0.2, 0.25) is 5.91 Å². The van der Waals surface area contributed by atoms with Crippen molar-refractivity contribution < 1.29 is 4.79 Å². The van der Waals surface area contributed by atoms with Gasteiger partial charge in [-0.2, -0.15) is 0 Å². The van der Waals surface area contributed by atoms with Gasteiger partial charge in [0, 0.05) is 54.0 Å². The number of benzene rings is 1. The minimum absolute atomic E-state index is 0.138. The molecule has 0 saturated carbocycles. The average molecular weight is 496 g/mol. The van der Waals surface area contributed by atoms with Gasteiger partial charge in [-0.1, -0.05) is 51.9 Å². The van der Waals surface area contributed by atoms with Gasteiger partial charge >= 0.3 is 0 Å². The van der Waals surface area contributed by atoms with E-state index in [0.717, 1.165) is 28.4 Å². The van der Waals surface area contributed by atoms with Gasteiger partial charge in [-0.25, -0.2) is 0 Å². The second-order valence-corrected chi connectivity index (χ2v) is 8.67. The van der Waals surface area contributed by atoms with E-state index in [1.54, 1.807) is 18.5 Å². The number of alkyl halides is 1. The number of hydrogen-bond donors (Lipinski definition) is 0. The number of allylic oxidation sites excluding steroid dienone is 3. The lowest BCUT2D eigenvalue weighted by molar-refractivity contribution is -0.132. The molecule has 0 saturated heterocycles. The van der Waals surface area contributed by atoms with Crippen LogP contribution in [-0.2, 0) is 24.3 Å². The van der Waals surface area contributed by atoms with Crippen molar-refractivity contribution >= 4 is 32.7 Å². The quantitative estimate of drug-likeness (QED) is 0.262. The van der Waals surface area contributed by atoms with E-state index in [1.165, 1.54) is 11.1 Å². The molecule has 170 valence electrons. The first-order valence-corrected chi connectivity index (χ1v) is 12.1. The molecule has 0 aliphatic carbocycles. The van der Waals surface area contributed by atoms with E-state index in [1.807, 2.05) is 23.1 Å². The maximum atomic E-state index is 13.2. The monoisotopic (exact) mass is 495 g/mol. The van der Waals surface area contributed by atoms with Crippen LogP contribution >= 0.6 is 15.9 Å². The third-order valence-electron chi connectivity index (χ3n) is 5.28. The highest BCUT2D eigenvalue weighted by Gasteiger charge is 2.20. The topological polar surface area (TPSA) is 38.1 Å². The first-order valence-electron chi connectivity index (χ1n) is 10.9. The molecule has 0 N–H and O–H groups in total. The van der Waals surface area contributed by atoms with Crippen molar-refractivity contribution in [1.29, 1.82) is 0 Å². The molecule has 2 aromatic heterocycles. The normalized spacial score (nSPS) is 11.2.